The van der Waals surface area contributed by atoms with Crippen LogP contribution in [0.3, 0.4) is 0 Å². The Kier molecular flexibility index (Phi) is 10.9. The lowest BCUT2D eigenvalue weighted by atomic mass is 9.62. The molecule has 0 spiro atoms. The van der Waals surface area contributed by atoms with E-state index in [4.69, 9.17) is 9.73 Å². The standard InChI is InChI=1S/C69H80N4O/c1-40(2)31-47-35-62-55-32-44-19-15-16-20-45(44)34-58(55)68(7)65(69(68,8)73(62)38-56(47)59-37-67(59,5)6)54-36-53(46-25-29-61-52(33-46)41(3)23-24-42(4)70-61)64(71-48-21-13-10-14-22-48)63-50(54)27-26-49-51-28-30-60(43-17-11-9-12-18-43)72-66(51)74-39-57(49)63/h9-14,17-18,21-22,26,28,30,32-36,38,40-41,50,52,54,59-62,64-65,71-72H,15-16,19-20,23-25,27,29,31,37,39H2,1-8H3/t41?,50?,52-,54?,59?,60?,61?,62?,64?,65?,68?,69?/m1/s1. The molecule has 3 aromatic rings. The van der Waals surface area contributed by atoms with Gasteiger partial charge in [-0.1, -0.05) is 139 Å². The molecule has 14 rings (SSSR count). The lowest BCUT2D eigenvalue weighted by molar-refractivity contribution is 0.166. The Labute approximate surface area is 442 Å². The highest BCUT2D eigenvalue weighted by Crippen LogP contribution is 2.77. The van der Waals surface area contributed by atoms with Gasteiger partial charge in [-0.25, -0.2) is 0 Å². The molecule has 5 aliphatic heterocycles. The molecular weight excluding hydrogens is 901 g/mol. The van der Waals surface area contributed by atoms with Crippen LogP contribution >= 0.6 is 0 Å². The van der Waals surface area contributed by atoms with E-state index in [1.807, 2.05) is 0 Å². The van der Waals surface area contributed by atoms with Gasteiger partial charge >= 0.3 is 0 Å². The third kappa shape index (κ3) is 7.23. The van der Waals surface area contributed by atoms with Crippen LogP contribution in [0.4, 0.5) is 5.69 Å². The second kappa shape index (κ2) is 17.2. The van der Waals surface area contributed by atoms with Gasteiger partial charge in [0.05, 0.1) is 29.7 Å². The predicted molar refractivity (Wildman–Crippen MR) is 304 cm³/mol. The molecule has 0 radical (unpaired) electrons. The average molecular weight is 981 g/mol. The van der Waals surface area contributed by atoms with Crippen LogP contribution < -0.4 is 10.6 Å². The topological polar surface area (TPSA) is 48.9 Å². The van der Waals surface area contributed by atoms with Crippen molar-refractivity contribution in [3.8, 4) is 0 Å². The number of para-hydroxylation sites is 1. The molecule has 0 saturated heterocycles. The van der Waals surface area contributed by atoms with Gasteiger partial charge in [0.25, 0.3) is 0 Å². The number of benzene rings is 3. The van der Waals surface area contributed by atoms with Gasteiger partial charge in [-0.2, -0.15) is 0 Å². The number of aryl methyl sites for hydroxylation is 2. The number of dihydropyridines is 1. The second-order valence-corrected chi connectivity index (χ2v) is 26.4. The van der Waals surface area contributed by atoms with E-state index in [1.54, 1.807) is 44.5 Å². The van der Waals surface area contributed by atoms with Crippen molar-refractivity contribution in [2.75, 3.05) is 11.9 Å². The van der Waals surface area contributed by atoms with Crippen molar-refractivity contribution in [3.05, 3.63) is 194 Å². The normalized spacial score (nSPS) is 35.9. The third-order valence-electron chi connectivity index (χ3n) is 21.2. The molecule has 0 bridgehead atoms. The largest absolute Gasteiger partial charge is 0.474 e. The maximum Gasteiger partial charge on any atom is 0.195 e. The van der Waals surface area contributed by atoms with Gasteiger partial charge in [-0.15, -0.1) is 0 Å². The summed E-state index contributed by atoms with van der Waals surface area (Å²) in [6.45, 7) is 20.7. The molecule has 2 saturated carbocycles. The molecule has 5 heteroatoms. The molecule has 2 fully saturated rings. The van der Waals surface area contributed by atoms with E-state index in [1.165, 1.54) is 77.8 Å². The molecule has 382 valence electrons. The Morgan fingerprint density at radius 2 is 1.62 bits per heavy atom. The summed E-state index contributed by atoms with van der Waals surface area (Å²) in [5.74, 6) is 4.21. The van der Waals surface area contributed by atoms with E-state index in [0.717, 1.165) is 38.0 Å². The minimum Gasteiger partial charge on any atom is -0.474 e. The van der Waals surface area contributed by atoms with Crippen molar-refractivity contribution < 1.29 is 4.74 Å². The van der Waals surface area contributed by atoms with Crippen molar-refractivity contribution in [1.82, 2.24) is 10.2 Å². The Balaban J connectivity index is 0.962. The maximum atomic E-state index is 7.07. The number of nitrogens with zero attached hydrogens (tertiary/aromatic N) is 2. The summed E-state index contributed by atoms with van der Waals surface area (Å²) >= 11 is 0. The fourth-order valence-corrected chi connectivity index (χ4v) is 17.1. The molecule has 11 unspecified atom stereocenters. The Bertz CT molecular complexity index is 3120. The van der Waals surface area contributed by atoms with E-state index in [9.17, 15) is 0 Å². The lowest BCUT2D eigenvalue weighted by Gasteiger charge is -2.48. The molecular formula is C69H80N4O. The van der Waals surface area contributed by atoms with Gasteiger partial charge < -0.3 is 20.3 Å². The number of aliphatic imine (C=N–C) groups is 1. The summed E-state index contributed by atoms with van der Waals surface area (Å²) in [6, 6.07) is 28.2. The molecule has 3 aromatic carbocycles. The van der Waals surface area contributed by atoms with Gasteiger partial charge in [-0.3, -0.25) is 4.99 Å². The number of allylic oxidation sites excluding steroid dienone is 6. The summed E-state index contributed by atoms with van der Waals surface area (Å²) in [6.07, 6.45) is 31.5. The van der Waals surface area contributed by atoms with E-state index >= 15 is 0 Å². The number of hydrogen-bond donors (Lipinski definition) is 2. The van der Waals surface area contributed by atoms with Gasteiger partial charge in [-0.05, 0) is 198 Å². The lowest BCUT2D eigenvalue weighted by Crippen LogP contribution is -2.46. The van der Waals surface area contributed by atoms with Crippen LogP contribution in [0.15, 0.2) is 171 Å². The highest BCUT2D eigenvalue weighted by Gasteiger charge is 2.79. The number of hydrogen-bond acceptors (Lipinski definition) is 5. The third-order valence-corrected chi connectivity index (χ3v) is 21.2. The smallest absolute Gasteiger partial charge is 0.195 e. The van der Waals surface area contributed by atoms with Gasteiger partial charge in [0.2, 0.25) is 0 Å². The number of nitrogens with one attached hydrogen (secondary N) is 2. The number of rotatable bonds is 8. The van der Waals surface area contributed by atoms with Crippen LogP contribution in [0.2, 0.25) is 0 Å². The Morgan fingerprint density at radius 1 is 0.865 bits per heavy atom. The van der Waals surface area contributed by atoms with Crippen molar-refractivity contribution in [1.29, 1.82) is 0 Å². The second-order valence-electron chi connectivity index (χ2n) is 26.4. The quantitative estimate of drug-likeness (QED) is 0.236. The Hall–Kier alpha value is -5.55. The van der Waals surface area contributed by atoms with E-state index in [2.05, 4.69) is 186 Å². The maximum absolute atomic E-state index is 7.07. The molecule has 5 heterocycles. The zero-order valence-corrected chi connectivity index (χ0v) is 45.6. The van der Waals surface area contributed by atoms with Crippen molar-refractivity contribution in [2.24, 2.45) is 51.8 Å². The van der Waals surface area contributed by atoms with Gasteiger partial charge in [0, 0.05) is 40.4 Å². The first kappa shape index (κ1) is 46.9. The summed E-state index contributed by atoms with van der Waals surface area (Å²) in [4.78, 5) is 8.42. The molecule has 0 amide bonds. The first-order valence-electron chi connectivity index (χ1n) is 29.3. The van der Waals surface area contributed by atoms with Gasteiger partial charge in [0.1, 0.15) is 6.61 Å². The van der Waals surface area contributed by atoms with Crippen LogP contribution in [-0.4, -0.2) is 34.8 Å². The van der Waals surface area contributed by atoms with Crippen molar-refractivity contribution >= 4 is 11.4 Å². The Morgan fingerprint density at radius 3 is 2.38 bits per heavy atom. The van der Waals surface area contributed by atoms with E-state index in [0.29, 0.717) is 59.5 Å². The summed E-state index contributed by atoms with van der Waals surface area (Å²) in [5, 5.41) is 8.16. The average Bonchev–Trinajstić information content (AvgIpc) is 4.37. The molecule has 6 aliphatic carbocycles. The zero-order valence-electron chi connectivity index (χ0n) is 45.6. The van der Waals surface area contributed by atoms with Crippen LogP contribution in [0.1, 0.15) is 153 Å². The highest BCUT2D eigenvalue weighted by atomic mass is 16.5. The molecule has 0 aromatic heterocycles. The van der Waals surface area contributed by atoms with Crippen LogP contribution in [-0.2, 0) is 23.0 Å². The summed E-state index contributed by atoms with van der Waals surface area (Å²) in [7, 11) is 0. The van der Waals surface area contributed by atoms with Crippen LogP contribution in [0, 0.1) is 46.8 Å². The minimum absolute atomic E-state index is 0.0170. The minimum atomic E-state index is -0.0845. The van der Waals surface area contributed by atoms with E-state index < -0.39 is 0 Å². The van der Waals surface area contributed by atoms with Crippen LogP contribution in [0.25, 0.3) is 0 Å². The zero-order chi connectivity index (χ0) is 50.4. The number of anilines is 1. The first-order valence-corrected chi connectivity index (χ1v) is 29.3. The van der Waals surface area contributed by atoms with Crippen molar-refractivity contribution in [2.45, 2.75) is 161 Å². The fraction of sp³-hybridized carbons (Fsp3) is 0.493. The molecule has 2 N–H and O–H groups in total. The van der Waals surface area contributed by atoms with Crippen molar-refractivity contribution in [3.63, 3.8) is 0 Å². The number of fused-ring (bicyclic) bond motifs is 11. The number of ether oxygens (including phenoxy) is 1. The summed E-state index contributed by atoms with van der Waals surface area (Å²) < 4.78 is 7.07. The SMILES string of the molecule is CC1=NC2CCC(C3=CC(C4C5(C)c6cc7c(cc6C6C=C(CC(C)C)C(C8CC8(C)C)=CN6C45C)CCCC7)C4CC=C5C6=C(NC(c7ccccc7)C=C6)OCC5=C4C3Nc3ccccc3)=C[C@@H]2C(C)CC1. The molecule has 12 atom stereocenters. The molecule has 5 nitrogen and oxygen atoms in total. The summed E-state index contributed by atoms with van der Waals surface area (Å²) in [5.41, 5.74) is 22.4. The predicted octanol–water partition coefficient (Wildman–Crippen LogP) is 15.5. The van der Waals surface area contributed by atoms with Crippen LogP contribution in [0.5, 0.6) is 0 Å². The monoisotopic (exact) mass is 981 g/mol. The fourth-order valence-electron chi connectivity index (χ4n) is 17.1. The highest BCUT2D eigenvalue weighted by molar-refractivity contribution is 5.82. The first-order chi connectivity index (χ1) is 35.8. The van der Waals surface area contributed by atoms with Gasteiger partial charge in [0.15, 0.2) is 5.88 Å². The molecule has 74 heavy (non-hydrogen) atoms. The molecule has 11 aliphatic rings. The van der Waals surface area contributed by atoms with E-state index in [-0.39, 0.29) is 29.1 Å².